The van der Waals surface area contributed by atoms with E-state index in [1.807, 2.05) is 4.90 Å². The quantitative estimate of drug-likeness (QED) is 0.794. The second-order valence-electron chi connectivity index (χ2n) is 5.76. The van der Waals surface area contributed by atoms with E-state index >= 15 is 0 Å². The molecule has 2 saturated heterocycles. The first-order valence-electron chi connectivity index (χ1n) is 7.41. The third-order valence-corrected chi connectivity index (χ3v) is 4.26. The SMILES string of the molecule is CCCC1CCCN(C(=O)C2CC(O)CN2)CC1. The Morgan fingerprint density at radius 2 is 2.22 bits per heavy atom. The number of nitrogens with zero attached hydrogens (tertiary/aromatic N) is 1. The van der Waals surface area contributed by atoms with Gasteiger partial charge in [0.1, 0.15) is 0 Å². The first-order chi connectivity index (χ1) is 8.70. The van der Waals surface area contributed by atoms with Crippen LogP contribution in [0.1, 0.15) is 45.4 Å². The number of nitrogens with one attached hydrogen (secondary N) is 1. The summed E-state index contributed by atoms with van der Waals surface area (Å²) in [4.78, 5) is 14.3. The molecule has 104 valence electrons. The van der Waals surface area contributed by atoms with Gasteiger partial charge in [-0.2, -0.15) is 0 Å². The molecule has 0 bridgehead atoms. The van der Waals surface area contributed by atoms with Crippen molar-refractivity contribution in [2.75, 3.05) is 19.6 Å². The zero-order valence-corrected chi connectivity index (χ0v) is 11.4. The van der Waals surface area contributed by atoms with Gasteiger partial charge in [-0.3, -0.25) is 4.79 Å². The van der Waals surface area contributed by atoms with Gasteiger partial charge in [-0.1, -0.05) is 19.8 Å². The fourth-order valence-electron chi connectivity index (χ4n) is 3.21. The van der Waals surface area contributed by atoms with Crippen molar-refractivity contribution in [3.8, 4) is 0 Å². The van der Waals surface area contributed by atoms with Crippen molar-refractivity contribution >= 4 is 5.91 Å². The Hall–Kier alpha value is -0.610. The van der Waals surface area contributed by atoms with Gasteiger partial charge in [-0.05, 0) is 31.6 Å². The number of amides is 1. The van der Waals surface area contributed by atoms with E-state index in [9.17, 15) is 9.90 Å². The average Bonchev–Trinajstić information content (AvgIpc) is 2.65. The number of hydrogen-bond acceptors (Lipinski definition) is 3. The highest BCUT2D eigenvalue weighted by Gasteiger charge is 2.32. The molecule has 2 fully saturated rings. The van der Waals surface area contributed by atoms with E-state index in [0.29, 0.717) is 13.0 Å². The minimum atomic E-state index is -0.348. The molecular formula is C14H26N2O2. The zero-order valence-electron chi connectivity index (χ0n) is 11.4. The van der Waals surface area contributed by atoms with Crippen molar-refractivity contribution in [1.82, 2.24) is 10.2 Å². The fraction of sp³-hybridized carbons (Fsp3) is 0.929. The predicted molar refractivity (Wildman–Crippen MR) is 71.2 cm³/mol. The van der Waals surface area contributed by atoms with Crippen molar-refractivity contribution in [2.45, 2.75) is 57.6 Å². The van der Waals surface area contributed by atoms with Crippen LogP contribution in [0.3, 0.4) is 0 Å². The second-order valence-corrected chi connectivity index (χ2v) is 5.76. The van der Waals surface area contributed by atoms with Gasteiger partial charge in [0.25, 0.3) is 0 Å². The molecule has 0 spiro atoms. The minimum Gasteiger partial charge on any atom is -0.392 e. The van der Waals surface area contributed by atoms with Crippen LogP contribution in [0.15, 0.2) is 0 Å². The molecule has 2 aliphatic rings. The molecule has 2 heterocycles. The van der Waals surface area contributed by atoms with E-state index < -0.39 is 0 Å². The average molecular weight is 254 g/mol. The van der Waals surface area contributed by atoms with E-state index in [4.69, 9.17) is 0 Å². The lowest BCUT2D eigenvalue weighted by Crippen LogP contribution is -2.44. The van der Waals surface area contributed by atoms with Crippen LogP contribution in [0.25, 0.3) is 0 Å². The van der Waals surface area contributed by atoms with Gasteiger partial charge in [0.15, 0.2) is 0 Å². The Balaban J connectivity index is 1.83. The molecule has 2 aliphatic heterocycles. The lowest BCUT2D eigenvalue weighted by atomic mass is 9.96. The fourth-order valence-corrected chi connectivity index (χ4v) is 3.21. The summed E-state index contributed by atoms with van der Waals surface area (Å²) in [7, 11) is 0. The van der Waals surface area contributed by atoms with E-state index in [0.717, 1.165) is 31.8 Å². The Morgan fingerprint density at radius 3 is 2.89 bits per heavy atom. The number of rotatable bonds is 3. The number of hydrogen-bond donors (Lipinski definition) is 2. The van der Waals surface area contributed by atoms with Crippen molar-refractivity contribution in [1.29, 1.82) is 0 Å². The monoisotopic (exact) mass is 254 g/mol. The molecule has 3 unspecified atom stereocenters. The molecule has 0 aromatic rings. The summed E-state index contributed by atoms with van der Waals surface area (Å²) in [6, 6.07) is -0.150. The standard InChI is InChI=1S/C14H26N2O2/c1-2-4-11-5-3-7-16(8-6-11)14(18)13-9-12(17)10-15-13/h11-13,15,17H,2-10H2,1H3. The highest BCUT2D eigenvalue weighted by molar-refractivity contribution is 5.82. The minimum absolute atomic E-state index is 0.150. The van der Waals surface area contributed by atoms with Crippen LogP contribution in [-0.2, 0) is 4.79 Å². The number of aliphatic hydroxyl groups is 1. The summed E-state index contributed by atoms with van der Waals surface area (Å²) in [5, 5.41) is 12.6. The van der Waals surface area contributed by atoms with Crippen LogP contribution in [0, 0.1) is 5.92 Å². The Morgan fingerprint density at radius 1 is 1.39 bits per heavy atom. The molecule has 2 rings (SSSR count). The van der Waals surface area contributed by atoms with Crippen LogP contribution in [0.5, 0.6) is 0 Å². The topological polar surface area (TPSA) is 52.6 Å². The van der Waals surface area contributed by atoms with E-state index in [1.54, 1.807) is 0 Å². The summed E-state index contributed by atoms with van der Waals surface area (Å²) >= 11 is 0. The Bertz CT molecular complexity index is 283. The van der Waals surface area contributed by atoms with Crippen LogP contribution in [-0.4, -0.2) is 47.7 Å². The maximum Gasteiger partial charge on any atom is 0.239 e. The number of carbonyl (C=O) groups excluding carboxylic acids is 1. The van der Waals surface area contributed by atoms with Crippen molar-refractivity contribution in [3.05, 3.63) is 0 Å². The number of aliphatic hydroxyl groups excluding tert-OH is 1. The first kappa shape index (κ1) is 13.8. The summed E-state index contributed by atoms with van der Waals surface area (Å²) in [5.41, 5.74) is 0. The summed E-state index contributed by atoms with van der Waals surface area (Å²) < 4.78 is 0. The van der Waals surface area contributed by atoms with Crippen LogP contribution < -0.4 is 5.32 Å². The van der Waals surface area contributed by atoms with Crippen molar-refractivity contribution < 1.29 is 9.90 Å². The molecule has 0 aromatic carbocycles. The zero-order chi connectivity index (χ0) is 13.0. The number of β-amino-alcohol motifs (C(OH)–C–C–N with tert-alkyl or cyclic N) is 1. The van der Waals surface area contributed by atoms with Crippen molar-refractivity contribution in [2.24, 2.45) is 5.92 Å². The van der Waals surface area contributed by atoms with Crippen LogP contribution in [0.4, 0.5) is 0 Å². The van der Waals surface area contributed by atoms with Gasteiger partial charge in [0.2, 0.25) is 5.91 Å². The van der Waals surface area contributed by atoms with Gasteiger partial charge >= 0.3 is 0 Å². The Labute approximate surface area is 110 Å². The van der Waals surface area contributed by atoms with Crippen molar-refractivity contribution in [3.63, 3.8) is 0 Å². The molecule has 4 nitrogen and oxygen atoms in total. The third-order valence-electron chi connectivity index (χ3n) is 4.26. The normalized spacial score (nSPS) is 33.4. The van der Waals surface area contributed by atoms with Crippen LogP contribution in [0.2, 0.25) is 0 Å². The maximum atomic E-state index is 12.3. The molecule has 3 atom stereocenters. The van der Waals surface area contributed by atoms with E-state index in [2.05, 4.69) is 12.2 Å². The highest BCUT2D eigenvalue weighted by atomic mass is 16.3. The largest absolute Gasteiger partial charge is 0.392 e. The molecule has 0 aliphatic carbocycles. The lowest BCUT2D eigenvalue weighted by molar-refractivity contribution is -0.133. The first-order valence-corrected chi connectivity index (χ1v) is 7.41. The number of carbonyl (C=O) groups is 1. The molecular weight excluding hydrogens is 228 g/mol. The van der Waals surface area contributed by atoms with Gasteiger partial charge in [-0.25, -0.2) is 0 Å². The van der Waals surface area contributed by atoms with Gasteiger partial charge < -0.3 is 15.3 Å². The molecule has 4 heteroatoms. The van der Waals surface area contributed by atoms with Gasteiger partial charge in [-0.15, -0.1) is 0 Å². The summed E-state index contributed by atoms with van der Waals surface area (Å²) in [6.07, 6.45) is 6.31. The molecule has 0 radical (unpaired) electrons. The van der Waals surface area contributed by atoms with E-state index in [1.165, 1.54) is 19.3 Å². The Kier molecular flexibility index (Phi) is 5.01. The summed E-state index contributed by atoms with van der Waals surface area (Å²) in [6.45, 7) is 4.59. The smallest absolute Gasteiger partial charge is 0.239 e. The molecule has 0 saturated carbocycles. The van der Waals surface area contributed by atoms with Gasteiger partial charge in [0.05, 0.1) is 12.1 Å². The molecule has 2 N–H and O–H groups in total. The second kappa shape index (κ2) is 6.53. The highest BCUT2D eigenvalue weighted by Crippen LogP contribution is 2.23. The number of likely N-dealkylation sites (tertiary alicyclic amines) is 1. The van der Waals surface area contributed by atoms with Crippen LogP contribution >= 0.6 is 0 Å². The maximum absolute atomic E-state index is 12.3. The van der Waals surface area contributed by atoms with Gasteiger partial charge in [0, 0.05) is 19.6 Å². The molecule has 0 aromatic heterocycles. The summed E-state index contributed by atoms with van der Waals surface area (Å²) in [5.74, 6) is 0.999. The molecule has 18 heavy (non-hydrogen) atoms. The lowest BCUT2D eigenvalue weighted by Gasteiger charge is -2.24. The predicted octanol–water partition coefficient (Wildman–Crippen LogP) is 1.14. The molecule has 1 amide bonds. The third kappa shape index (κ3) is 3.45. The van der Waals surface area contributed by atoms with E-state index in [-0.39, 0.29) is 18.1 Å².